The van der Waals surface area contributed by atoms with Gasteiger partial charge in [0.1, 0.15) is 5.75 Å². The summed E-state index contributed by atoms with van der Waals surface area (Å²) in [5, 5.41) is 8.86. The summed E-state index contributed by atoms with van der Waals surface area (Å²) in [4.78, 5) is 10.8. The number of carbonyl (C=O) groups is 1. The minimum absolute atomic E-state index is 0.516. The summed E-state index contributed by atoms with van der Waals surface area (Å²) in [6, 6.07) is 5.77. The molecule has 0 unspecified atom stereocenters. The van der Waals surface area contributed by atoms with Gasteiger partial charge in [0.25, 0.3) is 0 Å². The molecule has 1 aromatic carbocycles. The summed E-state index contributed by atoms with van der Waals surface area (Å²) in [6.07, 6.45) is 9.07. The van der Waals surface area contributed by atoms with Crippen molar-refractivity contribution in [1.29, 1.82) is 0 Å². The highest BCUT2D eigenvalue weighted by Crippen LogP contribution is 2.26. The molecule has 0 aliphatic rings. The van der Waals surface area contributed by atoms with Crippen LogP contribution in [0.4, 0.5) is 4.79 Å². The van der Waals surface area contributed by atoms with E-state index in [1.165, 1.54) is 31.2 Å². The Balaban J connectivity index is 2.72. The fourth-order valence-electron chi connectivity index (χ4n) is 2.59. The van der Waals surface area contributed by atoms with E-state index in [1.54, 1.807) is 6.07 Å². The van der Waals surface area contributed by atoms with Gasteiger partial charge in [-0.25, -0.2) is 4.79 Å². The molecule has 0 aliphatic carbocycles. The molecule has 3 heteroatoms. The van der Waals surface area contributed by atoms with E-state index in [-0.39, 0.29) is 0 Å². The normalized spacial score (nSPS) is 10.6. The quantitative estimate of drug-likeness (QED) is 0.347. The molecule has 3 nitrogen and oxygen atoms in total. The molecule has 0 aliphatic heterocycles. The summed E-state index contributed by atoms with van der Waals surface area (Å²) in [5.41, 5.74) is 2.33. The van der Waals surface area contributed by atoms with Gasteiger partial charge >= 0.3 is 6.16 Å². The van der Waals surface area contributed by atoms with Gasteiger partial charge in [0, 0.05) is 0 Å². The molecular weight excluding hydrogens is 264 g/mol. The Labute approximate surface area is 128 Å². The van der Waals surface area contributed by atoms with Crippen LogP contribution in [-0.2, 0) is 12.8 Å². The van der Waals surface area contributed by atoms with Crippen molar-refractivity contribution in [2.45, 2.75) is 71.6 Å². The third kappa shape index (κ3) is 6.65. The minimum atomic E-state index is -1.23. The fraction of sp³-hybridized carbons (Fsp3) is 0.611. The van der Waals surface area contributed by atoms with Crippen LogP contribution in [0.1, 0.15) is 69.9 Å². The number of rotatable bonds is 10. The fourth-order valence-corrected chi connectivity index (χ4v) is 2.59. The topological polar surface area (TPSA) is 46.5 Å². The van der Waals surface area contributed by atoms with E-state index in [0.717, 1.165) is 37.7 Å². The van der Waals surface area contributed by atoms with E-state index in [0.29, 0.717) is 5.75 Å². The molecule has 0 atom stereocenters. The second-order valence-corrected chi connectivity index (χ2v) is 5.53. The highest BCUT2D eigenvalue weighted by molar-refractivity contribution is 5.62. The predicted octanol–water partition coefficient (Wildman–Crippen LogP) is 5.60. The number of hydrogen-bond donors (Lipinski definition) is 1. The van der Waals surface area contributed by atoms with E-state index >= 15 is 0 Å². The van der Waals surface area contributed by atoms with E-state index < -0.39 is 6.16 Å². The smallest absolute Gasteiger partial charge is 0.449 e. The minimum Gasteiger partial charge on any atom is -0.449 e. The van der Waals surface area contributed by atoms with Gasteiger partial charge in [-0.05, 0) is 42.9 Å². The molecule has 21 heavy (non-hydrogen) atoms. The van der Waals surface area contributed by atoms with Crippen molar-refractivity contribution >= 4 is 6.16 Å². The molecule has 0 saturated heterocycles. The van der Waals surface area contributed by atoms with Crippen LogP contribution in [0.15, 0.2) is 18.2 Å². The maximum atomic E-state index is 10.8. The van der Waals surface area contributed by atoms with Crippen LogP contribution >= 0.6 is 0 Å². The Morgan fingerprint density at radius 2 is 1.71 bits per heavy atom. The van der Waals surface area contributed by atoms with Gasteiger partial charge in [0.15, 0.2) is 0 Å². The van der Waals surface area contributed by atoms with Crippen molar-refractivity contribution in [3.63, 3.8) is 0 Å². The van der Waals surface area contributed by atoms with Crippen LogP contribution in [0.2, 0.25) is 0 Å². The van der Waals surface area contributed by atoms with Crippen LogP contribution in [0.25, 0.3) is 0 Å². The van der Waals surface area contributed by atoms with Crippen LogP contribution in [0.3, 0.4) is 0 Å². The number of benzene rings is 1. The maximum Gasteiger partial charge on any atom is 0.511 e. The van der Waals surface area contributed by atoms with Gasteiger partial charge in [-0.1, -0.05) is 58.1 Å². The number of ether oxygens (including phenoxy) is 1. The number of hydrogen-bond acceptors (Lipinski definition) is 2. The number of unbranched alkanes of at least 4 members (excludes halogenated alkanes) is 5. The number of aryl methyl sites for hydroxylation is 1. The summed E-state index contributed by atoms with van der Waals surface area (Å²) in [5.74, 6) is 0.516. The van der Waals surface area contributed by atoms with Crippen molar-refractivity contribution in [2.24, 2.45) is 0 Å². The monoisotopic (exact) mass is 292 g/mol. The molecule has 1 rings (SSSR count). The highest BCUT2D eigenvalue weighted by Gasteiger charge is 2.11. The van der Waals surface area contributed by atoms with E-state index in [2.05, 4.69) is 19.9 Å². The Morgan fingerprint density at radius 3 is 2.38 bits per heavy atom. The second-order valence-electron chi connectivity index (χ2n) is 5.53. The second kappa shape index (κ2) is 10.3. The summed E-state index contributed by atoms with van der Waals surface area (Å²) >= 11 is 0. The molecule has 0 saturated carbocycles. The lowest BCUT2D eigenvalue weighted by molar-refractivity contribution is 0.144. The first-order valence-electron chi connectivity index (χ1n) is 8.20. The van der Waals surface area contributed by atoms with Crippen LogP contribution in [0, 0.1) is 0 Å². The summed E-state index contributed by atoms with van der Waals surface area (Å²) in [6.45, 7) is 4.36. The molecule has 1 aromatic rings. The zero-order chi connectivity index (χ0) is 15.5. The maximum absolute atomic E-state index is 10.8. The first kappa shape index (κ1) is 17.5. The lowest BCUT2D eigenvalue weighted by atomic mass is 9.96. The Bertz CT molecular complexity index is 426. The van der Waals surface area contributed by atoms with Gasteiger partial charge in [-0.2, -0.15) is 0 Å². The summed E-state index contributed by atoms with van der Waals surface area (Å²) < 4.78 is 4.94. The van der Waals surface area contributed by atoms with Gasteiger partial charge in [-0.15, -0.1) is 0 Å². The zero-order valence-corrected chi connectivity index (χ0v) is 13.4. The van der Waals surface area contributed by atoms with E-state index in [9.17, 15) is 4.79 Å². The van der Waals surface area contributed by atoms with Crippen molar-refractivity contribution in [3.8, 4) is 5.75 Å². The van der Waals surface area contributed by atoms with Crippen molar-refractivity contribution < 1.29 is 14.6 Å². The van der Waals surface area contributed by atoms with Crippen molar-refractivity contribution in [2.75, 3.05) is 0 Å². The van der Waals surface area contributed by atoms with Crippen LogP contribution in [0.5, 0.6) is 5.75 Å². The Kier molecular flexibility index (Phi) is 8.56. The van der Waals surface area contributed by atoms with Gasteiger partial charge < -0.3 is 9.84 Å². The molecule has 0 heterocycles. The molecule has 1 N–H and O–H groups in total. The van der Waals surface area contributed by atoms with E-state index in [1.807, 2.05) is 6.07 Å². The molecule has 0 fully saturated rings. The highest BCUT2D eigenvalue weighted by atomic mass is 16.7. The molecule has 118 valence electrons. The standard InChI is InChI=1S/C18H28O3/c1-3-5-7-8-9-11-15-12-10-14-17(21-18(19)20)16(15)13-6-4-2/h10,12,14H,3-9,11,13H2,1-2H3,(H,19,20). The van der Waals surface area contributed by atoms with Gasteiger partial charge in [-0.3, -0.25) is 0 Å². The summed E-state index contributed by atoms with van der Waals surface area (Å²) in [7, 11) is 0. The van der Waals surface area contributed by atoms with Crippen molar-refractivity contribution in [3.05, 3.63) is 29.3 Å². The molecule has 0 radical (unpaired) electrons. The third-order valence-electron chi connectivity index (χ3n) is 3.76. The Morgan fingerprint density at radius 1 is 1.00 bits per heavy atom. The molecule has 0 spiro atoms. The van der Waals surface area contributed by atoms with Crippen LogP contribution < -0.4 is 4.74 Å². The van der Waals surface area contributed by atoms with E-state index in [4.69, 9.17) is 9.84 Å². The average Bonchev–Trinajstić information content (AvgIpc) is 2.45. The lowest BCUT2D eigenvalue weighted by Crippen LogP contribution is -2.07. The lowest BCUT2D eigenvalue weighted by Gasteiger charge is -2.13. The van der Waals surface area contributed by atoms with Crippen molar-refractivity contribution in [1.82, 2.24) is 0 Å². The van der Waals surface area contributed by atoms with Gasteiger partial charge in [0.2, 0.25) is 0 Å². The number of carboxylic acid groups (broad SMARTS) is 1. The van der Waals surface area contributed by atoms with Gasteiger partial charge in [0.05, 0.1) is 0 Å². The third-order valence-corrected chi connectivity index (χ3v) is 3.76. The average molecular weight is 292 g/mol. The molecule has 0 amide bonds. The predicted molar refractivity (Wildman–Crippen MR) is 86.2 cm³/mol. The zero-order valence-electron chi connectivity index (χ0n) is 13.4. The van der Waals surface area contributed by atoms with Crippen LogP contribution in [-0.4, -0.2) is 11.3 Å². The SMILES string of the molecule is CCCCCCCc1cccc(OC(=O)O)c1CCCC. The first-order valence-corrected chi connectivity index (χ1v) is 8.20. The Hall–Kier alpha value is -1.51. The molecule has 0 aromatic heterocycles. The largest absolute Gasteiger partial charge is 0.511 e. The molecular formula is C18H28O3. The first-order chi connectivity index (χ1) is 10.2. The molecule has 0 bridgehead atoms.